The fourth-order valence-corrected chi connectivity index (χ4v) is 2.94. The van der Waals surface area contributed by atoms with Crippen LogP contribution in [0.5, 0.6) is 0 Å². The summed E-state index contributed by atoms with van der Waals surface area (Å²) in [7, 11) is 0. The van der Waals surface area contributed by atoms with Gasteiger partial charge in [0.2, 0.25) is 0 Å². The van der Waals surface area contributed by atoms with E-state index < -0.39 is 0 Å². The van der Waals surface area contributed by atoms with E-state index in [2.05, 4.69) is 28.7 Å². The molecular weight excluding hydrogens is 274 g/mol. The van der Waals surface area contributed by atoms with Crippen LogP contribution in [0.15, 0.2) is 23.6 Å². The van der Waals surface area contributed by atoms with Gasteiger partial charge >= 0.3 is 0 Å². The van der Waals surface area contributed by atoms with E-state index in [4.69, 9.17) is 18.0 Å². The summed E-state index contributed by atoms with van der Waals surface area (Å²) in [6.07, 6.45) is 1.06. The van der Waals surface area contributed by atoms with Crippen LogP contribution in [0.1, 0.15) is 28.6 Å². The van der Waals surface area contributed by atoms with E-state index >= 15 is 0 Å². The predicted octanol–water partition coefficient (Wildman–Crippen LogP) is 3.26. The average molecular weight is 291 g/mol. The lowest BCUT2D eigenvalue weighted by atomic mass is 10.2. The molecule has 0 spiro atoms. The minimum atomic E-state index is 0.402. The van der Waals surface area contributed by atoms with Crippen molar-refractivity contribution in [1.29, 1.82) is 0 Å². The molecule has 3 N–H and O–H groups in total. The summed E-state index contributed by atoms with van der Waals surface area (Å²) in [6.45, 7) is 4.89. The molecule has 100 valence electrons. The summed E-state index contributed by atoms with van der Waals surface area (Å²) in [5.74, 6) is 0.818. The van der Waals surface area contributed by atoms with E-state index in [9.17, 15) is 0 Å². The standard InChI is InChI=1S/C14H17N3S2/c1-3-10-4-5-19-12(10)8-16-13-7-11(14(15)18)6-9(2)17-13/h4-7H,3,8H2,1-2H3,(H2,15,18)(H,16,17). The Morgan fingerprint density at radius 2 is 2.26 bits per heavy atom. The van der Waals surface area contributed by atoms with E-state index in [1.807, 2.05) is 19.1 Å². The summed E-state index contributed by atoms with van der Waals surface area (Å²) in [4.78, 5) is 6.20. The molecule has 0 amide bonds. The maximum atomic E-state index is 5.67. The first-order valence-corrected chi connectivity index (χ1v) is 7.46. The number of rotatable bonds is 5. The van der Waals surface area contributed by atoms with Crippen LogP contribution in [-0.4, -0.2) is 9.97 Å². The van der Waals surface area contributed by atoms with Crippen molar-refractivity contribution < 1.29 is 0 Å². The molecule has 0 unspecified atom stereocenters. The average Bonchev–Trinajstić information content (AvgIpc) is 2.83. The normalized spacial score (nSPS) is 10.4. The molecule has 2 aromatic rings. The molecule has 5 heteroatoms. The molecule has 0 aliphatic heterocycles. The maximum absolute atomic E-state index is 5.67. The van der Waals surface area contributed by atoms with Gasteiger partial charge in [0, 0.05) is 16.1 Å². The summed E-state index contributed by atoms with van der Waals surface area (Å²) in [5, 5.41) is 5.47. The van der Waals surface area contributed by atoms with Crippen molar-refractivity contribution >= 4 is 34.4 Å². The molecule has 2 rings (SSSR count). The zero-order chi connectivity index (χ0) is 13.8. The fourth-order valence-electron chi connectivity index (χ4n) is 1.91. The van der Waals surface area contributed by atoms with E-state index in [-0.39, 0.29) is 0 Å². The van der Waals surface area contributed by atoms with Crippen molar-refractivity contribution in [3.63, 3.8) is 0 Å². The Bertz CT molecular complexity index is 590. The molecule has 0 saturated heterocycles. The predicted molar refractivity (Wildman–Crippen MR) is 85.9 cm³/mol. The lowest BCUT2D eigenvalue weighted by Gasteiger charge is -2.09. The minimum absolute atomic E-state index is 0.402. The first-order chi connectivity index (χ1) is 9.10. The lowest BCUT2D eigenvalue weighted by molar-refractivity contribution is 1.06. The summed E-state index contributed by atoms with van der Waals surface area (Å²) < 4.78 is 0. The van der Waals surface area contributed by atoms with E-state index in [1.165, 1.54) is 10.4 Å². The number of pyridine rings is 1. The zero-order valence-electron chi connectivity index (χ0n) is 11.1. The number of aryl methyl sites for hydroxylation is 2. The molecule has 0 aromatic carbocycles. The number of nitrogens with one attached hydrogen (secondary N) is 1. The van der Waals surface area contributed by atoms with Crippen LogP contribution in [-0.2, 0) is 13.0 Å². The van der Waals surface area contributed by atoms with Crippen LogP contribution < -0.4 is 11.1 Å². The van der Waals surface area contributed by atoms with Gasteiger partial charge in [0.25, 0.3) is 0 Å². The Morgan fingerprint density at radius 1 is 1.47 bits per heavy atom. The highest BCUT2D eigenvalue weighted by molar-refractivity contribution is 7.80. The molecule has 3 nitrogen and oxygen atoms in total. The highest BCUT2D eigenvalue weighted by Gasteiger charge is 2.05. The van der Waals surface area contributed by atoms with Crippen LogP contribution in [0, 0.1) is 6.92 Å². The second kappa shape index (κ2) is 6.12. The Hall–Kier alpha value is -1.46. The number of nitrogens with two attached hydrogens (primary N) is 1. The number of anilines is 1. The highest BCUT2D eigenvalue weighted by atomic mass is 32.1. The summed E-state index contributed by atoms with van der Waals surface area (Å²) in [5.41, 5.74) is 8.82. The Morgan fingerprint density at radius 3 is 2.95 bits per heavy atom. The second-order valence-corrected chi connectivity index (χ2v) is 5.76. The summed E-state index contributed by atoms with van der Waals surface area (Å²) >= 11 is 6.78. The van der Waals surface area contributed by atoms with Gasteiger partial charge in [-0.25, -0.2) is 4.98 Å². The smallest absolute Gasteiger partial charge is 0.127 e. The Balaban J connectivity index is 2.13. The second-order valence-electron chi connectivity index (χ2n) is 4.32. The van der Waals surface area contributed by atoms with Gasteiger partial charge in [-0.3, -0.25) is 0 Å². The van der Waals surface area contributed by atoms with Gasteiger partial charge in [-0.1, -0.05) is 19.1 Å². The topological polar surface area (TPSA) is 50.9 Å². The molecule has 2 aromatic heterocycles. The zero-order valence-corrected chi connectivity index (χ0v) is 12.7. The lowest BCUT2D eigenvalue weighted by Crippen LogP contribution is -2.11. The number of hydrogen-bond donors (Lipinski definition) is 2. The monoisotopic (exact) mass is 291 g/mol. The van der Waals surface area contributed by atoms with Crippen molar-refractivity contribution in [2.45, 2.75) is 26.8 Å². The van der Waals surface area contributed by atoms with E-state index in [0.717, 1.165) is 30.0 Å². The quantitative estimate of drug-likeness (QED) is 0.830. The Kier molecular flexibility index (Phi) is 4.50. The molecule has 0 radical (unpaired) electrons. The number of thiophene rings is 1. The van der Waals surface area contributed by atoms with Crippen LogP contribution in [0.3, 0.4) is 0 Å². The third-order valence-electron chi connectivity index (χ3n) is 2.89. The number of aromatic nitrogens is 1. The minimum Gasteiger partial charge on any atom is -0.389 e. The van der Waals surface area contributed by atoms with Crippen LogP contribution in [0.2, 0.25) is 0 Å². The van der Waals surface area contributed by atoms with Crippen molar-refractivity contribution in [2.24, 2.45) is 5.73 Å². The van der Waals surface area contributed by atoms with Gasteiger partial charge < -0.3 is 11.1 Å². The van der Waals surface area contributed by atoms with Crippen LogP contribution in [0.4, 0.5) is 5.82 Å². The maximum Gasteiger partial charge on any atom is 0.127 e. The van der Waals surface area contributed by atoms with Crippen molar-refractivity contribution in [3.05, 3.63) is 45.3 Å². The first kappa shape index (κ1) is 14.0. The third-order valence-corrected chi connectivity index (χ3v) is 4.09. The number of nitrogens with zero attached hydrogens (tertiary/aromatic N) is 1. The summed E-state index contributed by atoms with van der Waals surface area (Å²) in [6, 6.07) is 5.97. The van der Waals surface area contributed by atoms with Gasteiger partial charge in [0.05, 0.1) is 6.54 Å². The molecule has 19 heavy (non-hydrogen) atoms. The van der Waals surface area contributed by atoms with Crippen molar-refractivity contribution in [3.8, 4) is 0 Å². The molecule has 0 saturated carbocycles. The molecule has 0 aliphatic rings. The van der Waals surface area contributed by atoms with Gasteiger partial charge in [-0.15, -0.1) is 11.3 Å². The molecule has 0 fully saturated rings. The number of hydrogen-bond acceptors (Lipinski definition) is 4. The molecule has 0 bridgehead atoms. The van der Waals surface area contributed by atoms with Crippen LogP contribution >= 0.6 is 23.6 Å². The highest BCUT2D eigenvalue weighted by Crippen LogP contribution is 2.19. The van der Waals surface area contributed by atoms with Crippen molar-refractivity contribution in [2.75, 3.05) is 5.32 Å². The van der Waals surface area contributed by atoms with Gasteiger partial charge in [-0.2, -0.15) is 0 Å². The van der Waals surface area contributed by atoms with E-state index in [1.54, 1.807) is 11.3 Å². The van der Waals surface area contributed by atoms with Gasteiger partial charge in [-0.05, 0) is 42.5 Å². The molecule has 0 aliphatic carbocycles. The first-order valence-electron chi connectivity index (χ1n) is 6.17. The molecule has 2 heterocycles. The molecule has 0 atom stereocenters. The molecular formula is C14H17N3S2. The van der Waals surface area contributed by atoms with Gasteiger partial charge in [0.1, 0.15) is 10.8 Å². The van der Waals surface area contributed by atoms with Crippen molar-refractivity contribution in [1.82, 2.24) is 4.98 Å². The third kappa shape index (κ3) is 3.52. The van der Waals surface area contributed by atoms with Crippen LogP contribution in [0.25, 0.3) is 0 Å². The Labute approximate surface area is 122 Å². The van der Waals surface area contributed by atoms with Gasteiger partial charge in [0.15, 0.2) is 0 Å². The fraction of sp³-hybridized carbons (Fsp3) is 0.286. The SMILES string of the molecule is CCc1ccsc1CNc1cc(C(N)=S)cc(C)n1. The largest absolute Gasteiger partial charge is 0.389 e. The van der Waals surface area contributed by atoms with E-state index in [0.29, 0.717) is 4.99 Å². The number of thiocarbonyl (C=S) groups is 1.